The van der Waals surface area contributed by atoms with Crippen molar-refractivity contribution in [2.75, 3.05) is 26.7 Å². The topological polar surface area (TPSA) is 24.5 Å². The minimum Gasteiger partial charge on any atom is -0.496 e. The zero-order chi connectivity index (χ0) is 14.5. The highest BCUT2D eigenvalue weighted by Gasteiger charge is 2.29. The summed E-state index contributed by atoms with van der Waals surface area (Å²) in [6.45, 7) is 7.26. The number of ether oxygens (including phenoxy) is 1. The number of nitrogens with one attached hydrogen (secondary N) is 1. The second kappa shape index (κ2) is 7.04. The summed E-state index contributed by atoms with van der Waals surface area (Å²) in [5.74, 6) is 0.466. The van der Waals surface area contributed by atoms with Crippen LogP contribution in [0.5, 0.6) is 5.75 Å². The van der Waals surface area contributed by atoms with Gasteiger partial charge in [0.1, 0.15) is 11.6 Å². The molecule has 0 aliphatic carbocycles. The number of halogens is 1. The lowest BCUT2D eigenvalue weighted by Crippen LogP contribution is -2.39. The Morgan fingerprint density at radius 1 is 1.50 bits per heavy atom. The Morgan fingerprint density at radius 3 is 2.90 bits per heavy atom. The second-order valence-electron chi connectivity index (χ2n) is 5.42. The van der Waals surface area contributed by atoms with Crippen molar-refractivity contribution >= 4 is 0 Å². The van der Waals surface area contributed by atoms with Crippen LogP contribution >= 0.6 is 0 Å². The highest BCUT2D eigenvalue weighted by Crippen LogP contribution is 2.33. The lowest BCUT2D eigenvalue weighted by molar-refractivity contribution is 0.148. The molecule has 0 spiro atoms. The van der Waals surface area contributed by atoms with Crippen LogP contribution in [-0.4, -0.2) is 37.7 Å². The van der Waals surface area contributed by atoms with Crippen molar-refractivity contribution in [2.24, 2.45) is 0 Å². The maximum atomic E-state index is 14.3. The summed E-state index contributed by atoms with van der Waals surface area (Å²) < 4.78 is 19.6. The summed E-state index contributed by atoms with van der Waals surface area (Å²) in [5.41, 5.74) is 0.676. The Hall–Kier alpha value is -1.13. The molecule has 1 aliphatic rings. The summed E-state index contributed by atoms with van der Waals surface area (Å²) in [6.07, 6.45) is 2.19. The van der Waals surface area contributed by atoms with Crippen molar-refractivity contribution in [3.63, 3.8) is 0 Å². The lowest BCUT2D eigenvalue weighted by atomic mass is 10.0. The smallest absolute Gasteiger partial charge is 0.131 e. The number of hydrogen-bond donors (Lipinski definition) is 1. The molecular weight excluding hydrogens is 255 g/mol. The number of rotatable bonds is 6. The molecular formula is C16H25FN2O. The fourth-order valence-electron chi connectivity index (χ4n) is 3.14. The molecule has 112 valence electrons. The van der Waals surface area contributed by atoms with Gasteiger partial charge in [-0.3, -0.25) is 4.90 Å². The van der Waals surface area contributed by atoms with Crippen molar-refractivity contribution in [1.82, 2.24) is 10.2 Å². The molecule has 1 heterocycles. The van der Waals surface area contributed by atoms with Gasteiger partial charge in [-0.2, -0.15) is 0 Å². The van der Waals surface area contributed by atoms with Gasteiger partial charge in [0.15, 0.2) is 0 Å². The molecule has 0 radical (unpaired) electrons. The van der Waals surface area contributed by atoms with E-state index in [1.807, 2.05) is 6.07 Å². The van der Waals surface area contributed by atoms with Crippen LogP contribution < -0.4 is 10.1 Å². The fraction of sp³-hybridized carbons (Fsp3) is 0.625. The van der Waals surface area contributed by atoms with Crippen LogP contribution in [0.3, 0.4) is 0 Å². The molecule has 2 atom stereocenters. The van der Waals surface area contributed by atoms with E-state index in [-0.39, 0.29) is 11.9 Å². The van der Waals surface area contributed by atoms with Gasteiger partial charge in [-0.15, -0.1) is 0 Å². The van der Waals surface area contributed by atoms with Gasteiger partial charge in [-0.1, -0.05) is 13.0 Å². The molecule has 2 unspecified atom stereocenters. The van der Waals surface area contributed by atoms with Crippen molar-refractivity contribution in [1.29, 1.82) is 0 Å². The third-order valence-corrected chi connectivity index (χ3v) is 4.13. The van der Waals surface area contributed by atoms with E-state index >= 15 is 0 Å². The Labute approximate surface area is 121 Å². The van der Waals surface area contributed by atoms with Gasteiger partial charge in [-0.05, 0) is 45.0 Å². The van der Waals surface area contributed by atoms with Gasteiger partial charge >= 0.3 is 0 Å². The quantitative estimate of drug-likeness (QED) is 0.867. The van der Waals surface area contributed by atoms with Crippen LogP contribution in [0.2, 0.25) is 0 Å². The van der Waals surface area contributed by atoms with Gasteiger partial charge in [0, 0.05) is 24.2 Å². The largest absolute Gasteiger partial charge is 0.496 e. The third kappa shape index (κ3) is 3.13. The van der Waals surface area contributed by atoms with E-state index < -0.39 is 0 Å². The number of benzene rings is 1. The normalized spacial score (nSPS) is 20.4. The van der Waals surface area contributed by atoms with Crippen LogP contribution in [0.4, 0.5) is 4.39 Å². The summed E-state index contributed by atoms with van der Waals surface area (Å²) in [5, 5.41) is 3.39. The predicted molar refractivity (Wildman–Crippen MR) is 79.6 cm³/mol. The molecule has 1 fully saturated rings. The maximum Gasteiger partial charge on any atom is 0.131 e. The standard InChI is InChI=1S/C16H25FN2O/c1-4-10-19(13-8-9-18-11-13)12(2)16-14(17)6-5-7-15(16)20-3/h5-7,12-13,18H,4,8-11H2,1-3H3. The highest BCUT2D eigenvalue weighted by molar-refractivity contribution is 5.37. The minimum atomic E-state index is -0.177. The van der Waals surface area contributed by atoms with Crippen LogP contribution in [0.1, 0.15) is 38.3 Å². The zero-order valence-electron chi connectivity index (χ0n) is 12.7. The minimum absolute atomic E-state index is 0.0241. The van der Waals surface area contributed by atoms with E-state index in [9.17, 15) is 4.39 Å². The SMILES string of the molecule is CCCN(C1CCNC1)C(C)c1c(F)cccc1OC. The predicted octanol–water partition coefficient (Wildman–Crippen LogP) is 2.97. The van der Waals surface area contributed by atoms with Gasteiger partial charge < -0.3 is 10.1 Å². The monoisotopic (exact) mass is 280 g/mol. The molecule has 4 heteroatoms. The molecule has 2 rings (SSSR count). The summed E-state index contributed by atoms with van der Waals surface area (Å²) in [4.78, 5) is 2.40. The zero-order valence-corrected chi connectivity index (χ0v) is 12.7. The number of nitrogens with zero attached hydrogens (tertiary/aromatic N) is 1. The van der Waals surface area contributed by atoms with Crippen molar-refractivity contribution in [2.45, 2.75) is 38.8 Å². The molecule has 1 aromatic carbocycles. The molecule has 3 nitrogen and oxygen atoms in total. The Bertz CT molecular complexity index is 432. The van der Waals surface area contributed by atoms with Gasteiger partial charge in [0.2, 0.25) is 0 Å². The third-order valence-electron chi connectivity index (χ3n) is 4.13. The Morgan fingerprint density at radius 2 is 2.30 bits per heavy atom. The molecule has 20 heavy (non-hydrogen) atoms. The average molecular weight is 280 g/mol. The second-order valence-corrected chi connectivity index (χ2v) is 5.42. The number of methoxy groups -OCH3 is 1. The summed E-state index contributed by atoms with van der Waals surface area (Å²) >= 11 is 0. The molecule has 0 bridgehead atoms. The lowest BCUT2D eigenvalue weighted by Gasteiger charge is -2.34. The van der Waals surface area contributed by atoms with Gasteiger partial charge in [-0.25, -0.2) is 4.39 Å². The summed E-state index contributed by atoms with van der Waals surface area (Å²) in [7, 11) is 1.60. The van der Waals surface area contributed by atoms with E-state index in [1.165, 1.54) is 6.07 Å². The Kier molecular flexibility index (Phi) is 5.38. The van der Waals surface area contributed by atoms with E-state index in [2.05, 4.69) is 24.1 Å². The first-order chi connectivity index (χ1) is 9.69. The molecule has 0 amide bonds. The molecule has 0 aromatic heterocycles. The first-order valence-electron chi connectivity index (χ1n) is 7.47. The molecule has 1 aromatic rings. The first-order valence-corrected chi connectivity index (χ1v) is 7.47. The van der Waals surface area contributed by atoms with E-state index in [0.717, 1.165) is 32.5 Å². The molecule has 1 N–H and O–H groups in total. The van der Waals surface area contributed by atoms with Gasteiger partial charge in [0.05, 0.1) is 7.11 Å². The average Bonchev–Trinajstić information content (AvgIpc) is 2.97. The maximum absolute atomic E-state index is 14.3. The summed E-state index contributed by atoms with van der Waals surface area (Å²) in [6, 6.07) is 5.56. The van der Waals surface area contributed by atoms with Crippen LogP contribution in [-0.2, 0) is 0 Å². The Balaban J connectivity index is 2.28. The number of hydrogen-bond acceptors (Lipinski definition) is 3. The van der Waals surface area contributed by atoms with Crippen LogP contribution in [0, 0.1) is 5.82 Å². The van der Waals surface area contributed by atoms with Crippen molar-refractivity contribution in [3.05, 3.63) is 29.6 Å². The van der Waals surface area contributed by atoms with Crippen molar-refractivity contribution in [3.8, 4) is 5.75 Å². The van der Waals surface area contributed by atoms with E-state index in [1.54, 1.807) is 13.2 Å². The molecule has 1 saturated heterocycles. The molecule has 0 saturated carbocycles. The molecule has 1 aliphatic heterocycles. The first kappa shape index (κ1) is 15.3. The van der Waals surface area contributed by atoms with E-state index in [4.69, 9.17) is 4.74 Å². The van der Waals surface area contributed by atoms with Gasteiger partial charge in [0.25, 0.3) is 0 Å². The van der Waals surface area contributed by atoms with Crippen molar-refractivity contribution < 1.29 is 9.13 Å². The van der Waals surface area contributed by atoms with Crippen LogP contribution in [0.15, 0.2) is 18.2 Å². The van der Waals surface area contributed by atoms with Crippen LogP contribution in [0.25, 0.3) is 0 Å². The highest BCUT2D eigenvalue weighted by atomic mass is 19.1. The van der Waals surface area contributed by atoms with E-state index in [0.29, 0.717) is 17.4 Å². The fourth-order valence-corrected chi connectivity index (χ4v) is 3.14.